The van der Waals surface area contributed by atoms with Gasteiger partial charge < -0.3 is 0 Å². The fourth-order valence-electron chi connectivity index (χ4n) is 3.97. The Labute approximate surface area is 136 Å². The molecular weight excluding hydrogens is 310 g/mol. The number of sulfone groups is 1. The van der Waals surface area contributed by atoms with Gasteiger partial charge >= 0.3 is 0 Å². The summed E-state index contributed by atoms with van der Waals surface area (Å²) >= 11 is 0. The third-order valence-electron chi connectivity index (χ3n) is 5.13. The van der Waals surface area contributed by atoms with Gasteiger partial charge in [-0.3, -0.25) is 4.84 Å². The summed E-state index contributed by atoms with van der Waals surface area (Å²) in [5, 5.41) is 1.73. The minimum Gasteiger partial charge on any atom is -0.294 e. The molecule has 0 aromatic heterocycles. The molecule has 2 fully saturated rings. The van der Waals surface area contributed by atoms with E-state index in [1.807, 2.05) is 43.4 Å². The largest absolute Gasteiger partial charge is 0.294 e. The van der Waals surface area contributed by atoms with Crippen molar-refractivity contribution < 1.29 is 13.3 Å². The topological polar surface area (TPSA) is 46.6 Å². The van der Waals surface area contributed by atoms with Crippen molar-refractivity contribution >= 4 is 9.84 Å². The van der Waals surface area contributed by atoms with Crippen LogP contribution in [0.4, 0.5) is 0 Å². The molecule has 0 spiro atoms. The van der Waals surface area contributed by atoms with Crippen LogP contribution in [0.2, 0.25) is 0 Å². The molecular formula is C18H19NO3S. The Kier molecular flexibility index (Phi) is 3.34. The van der Waals surface area contributed by atoms with Crippen LogP contribution < -0.4 is 0 Å². The highest BCUT2D eigenvalue weighted by Crippen LogP contribution is 2.58. The third-order valence-corrected chi connectivity index (χ3v) is 7.72. The van der Waals surface area contributed by atoms with Crippen molar-refractivity contribution in [2.24, 2.45) is 0 Å². The van der Waals surface area contributed by atoms with Crippen LogP contribution in [0.5, 0.6) is 0 Å². The van der Waals surface area contributed by atoms with Crippen molar-refractivity contribution in [2.45, 2.75) is 34.6 Å². The van der Waals surface area contributed by atoms with Crippen molar-refractivity contribution in [3.63, 3.8) is 0 Å². The SMILES string of the molecule is CN1O[C@H]2CC[C@@]2(S(=O)(=O)c2ccccc2)[C@H]1c1ccccc1. The summed E-state index contributed by atoms with van der Waals surface area (Å²) in [6.45, 7) is 0. The third kappa shape index (κ3) is 1.94. The van der Waals surface area contributed by atoms with Crippen LogP contribution in [0.1, 0.15) is 24.4 Å². The number of rotatable bonds is 3. The molecule has 3 atom stereocenters. The first-order valence-electron chi connectivity index (χ1n) is 7.81. The molecule has 2 aromatic rings. The van der Waals surface area contributed by atoms with Crippen LogP contribution in [0.15, 0.2) is 65.6 Å². The van der Waals surface area contributed by atoms with Gasteiger partial charge in [-0.25, -0.2) is 8.42 Å². The van der Waals surface area contributed by atoms with Gasteiger partial charge in [0.1, 0.15) is 10.9 Å². The molecule has 1 aliphatic heterocycles. The molecule has 5 heteroatoms. The van der Waals surface area contributed by atoms with Gasteiger partial charge in [0.25, 0.3) is 0 Å². The molecule has 2 aliphatic rings. The van der Waals surface area contributed by atoms with Crippen LogP contribution >= 0.6 is 0 Å². The molecule has 0 bridgehead atoms. The van der Waals surface area contributed by atoms with Gasteiger partial charge in [-0.1, -0.05) is 48.5 Å². The Morgan fingerprint density at radius 1 is 1.04 bits per heavy atom. The highest BCUT2D eigenvalue weighted by molar-refractivity contribution is 7.93. The Balaban J connectivity index is 1.88. The second-order valence-electron chi connectivity index (χ2n) is 6.26. The molecule has 23 heavy (non-hydrogen) atoms. The van der Waals surface area contributed by atoms with Gasteiger partial charge in [0, 0.05) is 7.05 Å². The van der Waals surface area contributed by atoms with E-state index in [2.05, 4.69) is 0 Å². The zero-order valence-corrected chi connectivity index (χ0v) is 13.7. The van der Waals surface area contributed by atoms with Gasteiger partial charge in [-0.2, -0.15) is 5.06 Å². The van der Waals surface area contributed by atoms with Crippen molar-refractivity contribution in [3.05, 3.63) is 66.2 Å². The van der Waals surface area contributed by atoms with E-state index in [-0.39, 0.29) is 12.1 Å². The van der Waals surface area contributed by atoms with Crippen molar-refractivity contribution in [1.29, 1.82) is 0 Å². The summed E-state index contributed by atoms with van der Waals surface area (Å²) in [7, 11) is -1.67. The molecule has 2 aromatic carbocycles. The van der Waals surface area contributed by atoms with Crippen LogP contribution in [-0.4, -0.2) is 31.4 Å². The molecule has 1 aliphatic carbocycles. The van der Waals surface area contributed by atoms with Crippen molar-refractivity contribution in [3.8, 4) is 0 Å². The second kappa shape index (κ2) is 5.16. The number of fused-ring (bicyclic) bond motifs is 1. The number of hydroxylamine groups is 2. The predicted octanol–water partition coefficient (Wildman–Crippen LogP) is 2.98. The van der Waals surface area contributed by atoms with Gasteiger partial charge in [0.05, 0.1) is 10.9 Å². The maximum atomic E-state index is 13.4. The van der Waals surface area contributed by atoms with E-state index in [0.717, 1.165) is 12.0 Å². The summed E-state index contributed by atoms with van der Waals surface area (Å²) in [6, 6.07) is 18.2. The first-order chi connectivity index (χ1) is 11.1. The predicted molar refractivity (Wildman–Crippen MR) is 87.4 cm³/mol. The number of hydrogen-bond donors (Lipinski definition) is 0. The standard InChI is InChI=1S/C18H19NO3S/c1-19-17(14-8-4-2-5-9-14)18(13-12-16(18)22-19)23(20,21)15-10-6-3-7-11-15/h2-11,16-17H,12-13H2,1H3/t16-,17+,18-/m0/s1. The maximum absolute atomic E-state index is 13.4. The van der Waals surface area contributed by atoms with Crippen molar-refractivity contribution in [1.82, 2.24) is 5.06 Å². The van der Waals surface area contributed by atoms with E-state index in [1.165, 1.54) is 0 Å². The zero-order chi connectivity index (χ0) is 16.1. The van der Waals surface area contributed by atoms with Gasteiger partial charge in [0.2, 0.25) is 0 Å². The number of benzene rings is 2. The van der Waals surface area contributed by atoms with Crippen LogP contribution in [-0.2, 0) is 14.7 Å². The van der Waals surface area contributed by atoms with E-state index in [0.29, 0.717) is 11.3 Å². The average molecular weight is 329 g/mol. The lowest BCUT2D eigenvalue weighted by Gasteiger charge is -2.44. The van der Waals surface area contributed by atoms with E-state index in [4.69, 9.17) is 4.84 Å². The quantitative estimate of drug-likeness (QED) is 0.868. The minimum atomic E-state index is -3.50. The minimum absolute atomic E-state index is 0.275. The van der Waals surface area contributed by atoms with Gasteiger partial charge in [0.15, 0.2) is 9.84 Å². The molecule has 120 valence electrons. The van der Waals surface area contributed by atoms with Crippen LogP contribution in [0.25, 0.3) is 0 Å². The van der Waals surface area contributed by atoms with E-state index in [9.17, 15) is 8.42 Å². The highest BCUT2D eigenvalue weighted by atomic mass is 32.2. The summed E-state index contributed by atoms with van der Waals surface area (Å²) in [6.07, 6.45) is 1.13. The van der Waals surface area contributed by atoms with Crippen LogP contribution in [0, 0.1) is 0 Å². The van der Waals surface area contributed by atoms with Crippen molar-refractivity contribution in [2.75, 3.05) is 7.05 Å². The van der Waals surface area contributed by atoms with Gasteiger partial charge in [-0.05, 0) is 30.5 Å². The normalized spacial score (nSPS) is 30.7. The Morgan fingerprint density at radius 3 is 2.22 bits per heavy atom. The molecule has 1 heterocycles. The Morgan fingerprint density at radius 2 is 1.65 bits per heavy atom. The first kappa shape index (κ1) is 14.9. The molecule has 0 unspecified atom stereocenters. The fraction of sp³-hybridized carbons (Fsp3) is 0.333. The monoisotopic (exact) mass is 329 g/mol. The first-order valence-corrected chi connectivity index (χ1v) is 9.30. The lowest BCUT2D eigenvalue weighted by Crippen LogP contribution is -2.57. The van der Waals surface area contributed by atoms with E-state index < -0.39 is 14.6 Å². The molecule has 1 saturated heterocycles. The highest BCUT2D eigenvalue weighted by Gasteiger charge is 2.68. The summed E-state index contributed by atoms with van der Waals surface area (Å²) in [5.41, 5.74) is 0.983. The second-order valence-corrected chi connectivity index (χ2v) is 8.50. The lowest BCUT2D eigenvalue weighted by molar-refractivity contribution is -0.151. The smallest absolute Gasteiger partial charge is 0.188 e. The van der Waals surface area contributed by atoms with Gasteiger partial charge in [-0.15, -0.1) is 0 Å². The Hall–Kier alpha value is -1.69. The molecule has 4 rings (SSSR count). The molecule has 1 saturated carbocycles. The van der Waals surface area contributed by atoms with E-state index >= 15 is 0 Å². The fourth-order valence-corrected chi connectivity index (χ4v) is 6.40. The molecule has 0 amide bonds. The molecule has 4 nitrogen and oxygen atoms in total. The summed E-state index contributed by atoms with van der Waals surface area (Å²) < 4.78 is 26.0. The molecule has 0 radical (unpaired) electrons. The summed E-state index contributed by atoms with van der Waals surface area (Å²) in [5.74, 6) is 0. The number of nitrogens with zero attached hydrogens (tertiary/aromatic N) is 1. The lowest BCUT2D eigenvalue weighted by atomic mass is 9.74. The molecule has 0 N–H and O–H groups in total. The van der Waals surface area contributed by atoms with E-state index in [1.54, 1.807) is 29.3 Å². The zero-order valence-electron chi connectivity index (χ0n) is 12.9. The average Bonchev–Trinajstić information content (AvgIpc) is 2.77. The Bertz CT molecular complexity index is 807. The number of hydrogen-bond acceptors (Lipinski definition) is 4. The maximum Gasteiger partial charge on any atom is 0.188 e. The summed E-state index contributed by atoms with van der Waals surface area (Å²) in [4.78, 5) is 6.27. The van der Waals surface area contributed by atoms with Crippen LogP contribution in [0.3, 0.4) is 0 Å².